The Hall–Kier alpha value is -3.71. The van der Waals surface area contributed by atoms with Gasteiger partial charge in [0.2, 0.25) is 0 Å². The molecule has 2 aliphatic rings. The number of aliphatic carboxylic acids is 1. The van der Waals surface area contributed by atoms with Crippen molar-refractivity contribution in [2.24, 2.45) is 4.99 Å². The molecule has 0 aliphatic carbocycles. The van der Waals surface area contributed by atoms with Gasteiger partial charge in [0.15, 0.2) is 0 Å². The average molecular weight is 781 g/mol. The lowest BCUT2D eigenvalue weighted by molar-refractivity contribution is -0.137. The van der Waals surface area contributed by atoms with E-state index < -0.39 is 52.9 Å². The van der Waals surface area contributed by atoms with Crippen LogP contribution >= 0.6 is 0 Å². The summed E-state index contributed by atoms with van der Waals surface area (Å²) in [6.45, 7) is 4.59. The SMILES string of the molecule is COCCC1(C)\C(=C/C=C/C=C/C2=Nc3ccc(S(=O)(=O)O)cc3C2(C)CCCS(=O)(=O)O)N(CCCCCC(=O)O)c2ccc(S(=O)(=O)O)cc21. The summed E-state index contributed by atoms with van der Waals surface area (Å²) in [5, 5.41) is 9.05. The summed E-state index contributed by atoms with van der Waals surface area (Å²) >= 11 is 0. The Morgan fingerprint density at radius 1 is 0.827 bits per heavy atom. The lowest BCUT2D eigenvalue weighted by Crippen LogP contribution is -2.30. The molecule has 0 saturated carbocycles. The van der Waals surface area contributed by atoms with Crippen LogP contribution in [0.15, 0.2) is 87.3 Å². The molecule has 4 N–H and O–H groups in total. The van der Waals surface area contributed by atoms with Gasteiger partial charge in [-0.2, -0.15) is 25.3 Å². The highest BCUT2D eigenvalue weighted by Crippen LogP contribution is 2.51. The Morgan fingerprint density at radius 3 is 2.10 bits per heavy atom. The molecule has 0 spiro atoms. The zero-order valence-electron chi connectivity index (χ0n) is 29.1. The van der Waals surface area contributed by atoms with E-state index in [1.54, 1.807) is 44.4 Å². The molecule has 0 aromatic heterocycles. The number of fused-ring (bicyclic) bond motifs is 2. The monoisotopic (exact) mass is 780 g/mol. The maximum Gasteiger partial charge on any atom is 0.303 e. The first-order chi connectivity index (χ1) is 24.2. The van der Waals surface area contributed by atoms with Gasteiger partial charge in [-0.15, -0.1) is 0 Å². The number of ether oxygens (including phenoxy) is 1. The van der Waals surface area contributed by atoms with Crippen LogP contribution in [0.2, 0.25) is 0 Å². The van der Waals surface area contributed by atoms with E-state index >= 15 is 0 Å². The van der Waals surface area contributed by atoms with Crippen LogP contribution in [0.4, 0.5) is 11.4 Å². The maximum absolute atomic E-state index is 12.1. The number of carboxylic acids is 1. The summed E-state index contributed by atoms with van der Waals surface area (Å²) in [6, 6.07) is 8.46. The van der Waals surface area contributed by atoms with Crippen molar-refractivity contribution < 1.29 is 53.5 Å². The summed E-state index contributed by atoms with van der Waals surface area (Å²) in [5.74, 6) is -1.38. The van der Waals surface area contributed by atoms with E-state index in [2.05, 4.69) is 9.89 Å². The molecule has 0 saturated heterocycles. The molecule has 0 amide bonds. The fourth-order valence-electron chi connectivity index (χ4n) is 6.78. The lowest BCUT2D eigenvalue weighted by atomic mass is 9.76. The van der Waals surface area contributed by atoms with E-state index in [0.717, 1.165) is 11.4 Å². The molecule has 284 valence electrons. The zero-order valence-corrected chi connectivity index (χ0v) is 31.5. The summed E-state index contributed by atoms with van der Waals surface area (Å²) in [7, 11) is -11.7. The van der Waals surface area contributed by atoms with E-state index in [9.17, 15) is 43.7 Å². The predicted octanol–water partition coefficient (Wildman–Crippen LogP) is 5.65. The number of methoxy groups -OCH3 is 1. The van der Waals surface area contributed by atoms with Crippen LogP contribution in [0.25, 0.3) is 0 Å². The topological polar surface area (TPSA) is 225 Å². The third kappa shape index (κ3) is 9.63. The number of unbranched alkanes of at least 4 members (excludes halogenated alkanes) is 2. The van der Waals surface area contributed by atoms with Crippen molar-refractivity contribution in [1.82, 2.24) is 0 Å². The minimum atomic E-state index is -4.53. The molecule has 2 unspecified atom stereocenters. The van der Waals surface area contributed by atoms with Crippen LogP contribution in [0, 0.1) is 0 Å². The summed E-state index contributed by atoms with van der Waals surface area (Å²) in [6.07, 6.45) is 11.4. The van der Waals surface area contributed by atoms with Crippen LogP contribution < -0.4 is 4.90 Å². The molecule has 2 aliphatic heterocycles. The first-order valence-electron chi connectivity index (χ1n) is 16.5. The molecule has 2 aromatic rings. The average Bonchev–Trinajstić information content (AvgIpc) is 3.44. The Balaban J connectivity index is 1.69. The van der Waals surface area contributed by atoms with Gasteiger partial charge >= 0.3 is 5.97 Å². The molecule has 2 atom stereocenters. The highest BCUT2D eigenvalue weighted by molar-refractivity contribution is 7.86. The molecule has 2 aromatic carbocycles. The molecule has 2 heterocycles. The van der Waals surface area contributed by atoms with E-state index in [0.29, 0.717) is 61.4 Å². The van der Waals surface area contributed by atoms with Crippen LogP contribution in [0.1, 0.15) is 69.9 Å². The van der Waals surface area contributed by atoms with Crippen LogP contribution in [-0.2, 0) is 50.7 Å². The number of carboxylic acid groups (broad SMARTS) is 1. The summed E-state index contributed by atoms with van der Waals surface area (Å²) in [5.41, 5.74) is 1.99. The Bertz CT molecular complexity index is 2140. The van der Waals surface area contributed by atoms with Gasteiger partial charge in [-0.3, -0.25) is 23.4 Å². The second kappa shape index (κ2) is 16.1. The number of carbonyl (C=O) groups is 1. The first-order valence-corrected chi connectivity index (χ1v) is 21.0. The molecule has 0 radical (unpaired) electrons. The number of hydrogen-bond donors (Lipinski definition) is 4. The minimum absolute atomic E-state index is 0.0473. The predicted molar refractivity (Wildman–Crippen MR) is 196 cm³/mol. The Labute approximate surface area is 304 Å². The largest absolute Gasteiger partial charge is 0.481 e. The molecule has 0 bridgehead atoms. The lowest BCUT2D eigenvalue weighted by Gasteiger charge is -2.30. The number of hydrogen-bond acceptors (Lipinski definition) is 10. The van der Waals surface area contributed by atoms with Crippen molar-refractivity contribution in [2.75, 3.05) is 30.9 Å². The maximum atomic E-state index is 12.1. The van der Waals surface area contributed by atoms with E-state index in [1.807, 2.05) is 13.0 Å². The van der Waals surface area contributed by atoms with Gasteiger partial charge in [0.05, 0.1) is 26.9 Å². The summed E-state index contributed by atoms with van der Waals surface area (Å²) in [4.78, 5) is 17.2. The van der Waals surface area contributed by atoms with Crippen molar-refractivity contribution in [1.29, 1.82) is 0 Å². The highest BCUT2D eigenvalue weighted by atomic mass is 32.2. The van der Waals surface area contributed by atoms with Gasteiger partial charge in [0.1, 0.15) is 0 Å². The third-order valence-corrected chi connectivity index (χ3v) is 12.1. The van der Waals surface area contributed by atoms with Crippen molar-refractivity contribution in [3.05, 3.63) is 83.6 Å². The van der Waals surface area contributed by atoms with Gasteiger partial charge in [-0.05, 0) is 106 Å². The third-order valence-electron chi connectivity index (χ3n) is 9.56. The Morgan fingerprint density at radius 2 is 1.48 bits per heavy atom. The van der Waals surface area contributed by atoms with Gasteiger partial charge < -0.3 is 14.7 Å². The molecular weight excluding hydrogens is 737 g/mol. The first kappa shape index (κ1) is 41.1. The van der Waals surface area contributed by atoms with Gasteiger partial charge in [-0.1, -0.05) is 24.6 Å². The molecule has 17 heteroatoms. The smallest absolute Gasteiger partial charge is 0.303 e. The fraction of sp³-hybridized carbons (Fsp3) is 0.429. The molecule has 4 rings (SSSR count). The van der Waals surface area contributed by atoms with E-state index in [-0.39, 0.29) is 29.1 Å². The number of nitrogens with zero attached hydrogens (tertiary/aromatic N) is 2. The minimum Gasteiger partial charge on any atom is -0.481 e. The van der Waals surface area contributed by atoms with E-state index in [1.165, 1.54) is 30.3 Å². The van der Waals surface area contributed by atoms with Gasteiger partial charge in [0, 0.05) is 48.9 Å². The van der Waals surface area contributed by atoms with Crippen molar-refractivity contribution in [3.63, 3.8) is 0 Å². The number of rotatable bonds is 18. The second-order valence-corrected chi connectivity index (χ2v) is 17.7. The molecule has 14 nitrogen and oxygen atoms in total. The second-order valence-electron chi connectivity index (χ2n) is 13.3. The highest BCUT2D eigenvalue weighted by Gasteiger charge is 2.44. The molecule has 52 heavy (non-hydrogen) atoms. The number of benzene rings is 2. The quantitative estimate of drug-likeness (QED) is 0.0817. The van der Waals surface area contributed by atoms with Crippen molar-refractivity contribution >= 4 is 53.4 Å². The number of aliphatic imine (C=N–C) groups is 1. The molecule has 0 fully saturated rings. The van der Waals surface area contributed by atoms with Gasteiger partial charge in [-0.25, -0.2) is 0 Å². The van der Waals surface area contributed by atoms with Crippen molar-refractivity contribution in [3.8, 4) is 0 Å². The molecular formula is C35H44N2O12S3. The van der Waals surface area contributed by atoms with Gasteiger partial charge in [0.25, 0.3) is 30.4 Å². The summed E-state index contributed by atoms with van der Waals surface area (Å²) < 4.78 is 105. The van der Waals surface area contributed by atoms with E-state index in [4.69, 9.17) is 9.84 Å². The van der Waals surface area contributed by atoms with Crippen LogP contribution in [0.3, 0.4) is 0 Å². The van der Waals surface area contributed by atoms with Crippen LogP contribution in [0.5, 0.6) is 0 Å². The zero-order chi connectivity index (χ0) is 38.5. The Kier molecular flexibility index (Phi) is 12.7. The van der Waals surface area contributed by atoms with Crippen LogP contribution in [-0.4, -0.2) is 81.7 Å². The fourth-order valence-corrected chi connectivity index (χ4v) is 8.30. The normalized spacial score (nSPS) is 21.3. The standard InChI is InChI=1S/C35H44N2O12S3/c1-34(18-10-22-50(40,41)42)27-23-25(51(43,44)45)14-16-29(27)36-31(34)11-6-4-7-12-32-35(2,19-21-49-3)28-24-26(52(46,47)48)15-17-30(28)37(32)20-9-5-8-13-33(38)39/h4,6-7,11-12,14-17,23-24H,5,8-10,13,18-22H2,1-3H3,(H,38,39)(H,40,41,42)(H,43,44,45)(H,46,47,48)/b7-4+,11-6+,32-12+. The van der Waals surface area contributed by atoms with Crippen molar-refractivity contribution in [2.45, 2.75) is 79.4 Å². The number of anilines is 1. The number of allylic oxidation sites excluding steroid dienone is 6.